The summed E-state index contributed by atoms with van der Waals surface area (Å²) in [6.45, 7) is 4.87. The molecule has 1 unspecified atom stereocenters. The van der Waals surface area contributed by atoms with Crippen LogP contribution in [0.25, 0.3) is 0 Å². The Hall–Kier alpha value is -2.44. The lowest BCUT2D eigenvalue weighted by atomic mass is 10.0. The van der Waals surface area contributed by atoms with Crippen molar-refractivity contribution >= 4 is 17.6 Å². The number of rotatable bonds is 9. The molecule has 0 aliphatic rings. The average Bonchev–Trinajstić information content (AvgIpc) is 2.68. The number of hydrogen-bond donors (Lipinski definition) is 1. The summed E-state index contributed by atoms with van der Waals surface area (Å²) >= 11 is 6.54. The summed E-state index contributed by atoms with van der Waals surface area (Å²) in [7, 11) is 3.12. The predicted molar refractivity (Wildman–Crippen MR) is 110 cm³/mol. The van der Waals surface area contributed by atoms with E-state index in [1.807, 2.05) is 50.2 Å². The van der Waals surface area contributed by atoms with Gasteiger partial charge in [0.2, 0.25) is 0 Å². The number of amides is 2. The zero-order chi connectivity index (χ0) is 20.7. The fourth-order valence-electron chi connectivity index (χ4n) is 3.07. The smallest absolute Gasteiger partial charge is 0.315 e. The second-order valence-corrected chi connectivity index (χ2v) is 6.76. The maximum Gasteiger partial charge on any atom is 0.315 e. The second kappa shape index (κ2) is 10.2. The van der Waals surface area contributed by atoms with Gasteiger partial charge in [-0.05, 0) is 25.5 Å². The van der Waals surface area contributed by atoms with Crippen molar-refractivity contribution in [3.8, 4) is 11.5 Å². The van der Waals surface area contributed by atoms with Crippen LogP contribution in [0.2, 0.25) is 5.02 Å². The highest BCUT2D eigenvalue weighted by Crippen LogP contribution is 2.41. The zero-order valence-corrected chi connectivity index (χ0v) is 17.5. The van der Waals surface area contributed by atoms with Gasteiger partial charge >= 0.3 is 6.03 Å². The van der Waals surface area contributed by atoms with E-state index in [0.717, 1.165) is 11.1 Å². The number of carbonyl (C=O) groups is 1. The van der Waals surface area contributed by atoms with E-state index in [9.17, 15) is 4.79 Å². The van der Waals surface area contributed by atoms with Gasteiger partial charge in [-0.3, -0.25) is 0 Å². The van der Waals surface area contributed by atoms with Crippen LogP contribution in [-0.4, -0.2) is 38.3 Å². The van der Waals surface area contributed by atoms with Crippen LogP contribution in [0.3, 0.4) is 0 Å². The van der Waals surface area contributed by atoms with Gasteiger partial charge in [0.15, 0.2) is 0 Å². The first-order valence-corrected chi connectivity index (χ1v) is 9.37. The lowest BCUT2D eigenvalue weighted by Gasteiger charge is -2.29. The summed E-state index contributed by atoms with van der Waals surface area (Å²) < 4.78 is 16.5. The van der Waals surface area contributed by atoms with E-state index < -0.39 is 6.03 Å². The number of nitrogens with zero attached hydrogens (tertiary/aromatic N) is 1. The monoisotopic (exact) mass is 406 g/mol. The summed E-state index contributed by atoms with van der Waals surface area (Å²) in [5.41, 5.74) is 8.17. The molecule has 28 heavy (non-hydrogen) atoms. The van der Waals surface area contributed by atoms with Crippen molar-refractivity contribution in [3.05, 3.63) is 58.1 Å². The highest BCUT2D eigenvalue weighted by Gasteiger charge is 2.25. The molecule has 0 aliphatic heterocycles. The fraction of sp³-hybridized carbons (Fsp3) is 0.381. The Kier molecular flexibility index (Phi) is 7.96. The quantitative estimate of drug-likeness (QED) is 0.629. The van der Waals surface area contributed by atoms with Crippen LogP contribution in [0.1, 0.15) is 29.7 Å². The van der Waals surface area contributed by atoms with Crippen LogP contribution in [0, 0.1) is 6.92 Å². The molecule has 0 radical (unpaired) electrons. The Morgan fingerprint density at radius 2 is 1.89 bits per heavy atom. The summed E-state index contributed by atoms with van der Waals surface area (Å²) in [5, 5.41) is 0.435. The molecular formula is C21H27ClN2O4. The van der Waals surface area contributed by atoms with Gasteiger partial charge in [-0.25, -0.2) is 4.79 Å². The maximum absolute atomic E-state index is 12.1. The minimum atomic E-state index is -0.551. The molecule has 0 spiro atoms. The highest BCUT2D eigenvalue weighted by molar-refractivity contribution is 6.33. The van der Waals surface area contributed by atoms with Crippen LogP contribution in [0.5, 0.6) is 11.5 Å². The Morgan fingerprint density at radius 3 is 2.46 bits per heavy atom. The number of methoxy groups -OCH3 is 2. The number of hydrogen-bond acceptors (Lipinski definition) is 4. The number of nitrogens with two attached hydrogens (primary N) is 1. The third-order valence-electron chi connectivity index (χ3n) is 4.66. The molecule has 6 nitrogen and oxygen atoms in total. The van der Waals surface area contributed by atoms with Gasteiger partial charge in [-0.2, -0.15) is 0 Å². The van der Waals surface area contributed by atoms with Crippen molar-refractivity contribution < 1.29 is 19.0 Å². The second-order valence-electron chi connectivity index (χ2n) is 6.39. The molecule has 2 aromatic carbocycles. The Morgan fingerprint density at radius 1 is 1.21 bits per heavy atom. The van der Waals surface area contributed by atoms with Gasteiger partial charge in [-0.15, -0.1) is 0 Å². The minimum Gasteiger partial charge on any atom is -0.496 e. The highest BCUT2D eigenvalue weighted by atomic mass is 35.5. The molecule has 0 bridgehead atoms. The number of carbonyl (C=O) groups excluding carboxylic acids is 1. The van der Waals surface area contributed by atoms with Crippen LogP contribution in [-0.2, 0) is 11.3 Å². The van der Waals surface area contributed by atoms with Gasteiger partial charge < -0.3 is 24.8 Å². The lowest BCUT2D eigenvalue weighted by molar-refractivity contribution is 0.0914. The molecule has 0 saturated carbocycles. The standard InChI is InChI=1S/C21H27ClN2O4/c1-14-18(26-3)12-17(19(22)20(14)27-4)15(2)24(21(23)25)10-11-28-13-16-8-6-5-7-9-16/h5-9,12,15H,10-11,13H2,1-4H3,(H2,23,25). The van der Waals surface area contributed by atoms with E-state index in [-0.39, 0.29) is 6.04 Å². The molecule has 1 atom stereocenters. The molecule has 0 aromatic heterocycles. The van der Waals surface area contributed by atoms with Gasteiger partial charge in [0, 0.05) is 17.7 Å². The molecule has 0 fully saturated rings. The first-order valence-electron chi connectivity index (χ1n) is 8.99. The summed E-state index contributed by atoms with van der Waals surface area (Å²) in [6.07, 6.45) is 0. The van der Waals surface area contributed by atoms with Crippen molar-refractivity contribution in [3.63, 3.8) is 0 Å². The molecule has 7 heteroatoms. The molecule has 2 N–H and O–H groups in total. The third-order valence-corrected chi connectivity index (χ3v) is 5.05. The van der Waals surface area contributed by atoms with Crippen LogP contribution >= 0.6 is 11.6 Å². The van der Waals surface area contributed by atoms with Crippen molar-refractivity contribution in [1.82, 2.24) is 4.90 Å². The molecule has 0 heterocycles. The van der Waals surface area contributed by atoms with Crippen molar-refractivity contribution in [1.29, 1.82) is 0 Å². The topological polar surface area (TPSA) is 74.0 Å². The zero-order valence-electron chi connectivity index (χ0n) is 16.7. The summed E-state index contributed by atoms with van der Waals surface area (Å²) in [5.74, 6) is 1.15. The van der Waals surface area contributed by atoms with Crippen molar-refractivity contribution in [2.45, 2.75) is 26.5 Å². The lowest BCUT2D eigenvalue weighted by Crippen LogP contribution is -2.40. The van der Waals surface area contributed by atoms with Gasteiger partial charge in [0.05, 0.1) is 38.5 Å². The van der Waals surface area contributed by atoms with Crippen molar-refractivity contribution in [2.24, 2.45) is 5.73 Å². The average molecular weight is 407 g/mol. The maximum atomic E-state index is 12.1. The van der Waals surface area contributed by atoms with Gasteiger partial charge in [0.1, 0.15) is 11.5 Å². The van der Waals surface area contributed by atoms with Gasteiger partial charge in [-0.1, -0.05) is 41.9 Å². The minimum absolute atomic E-state index is 0.332. The molecule has 2 amide bonds. The van der Waals surface area contributed by atoms with E-state index in [1.165, 1.54) is 4.90 Å². The van der Waals surface area contributed by atoms with Gasteiger partial charge in [0.25, 0.3) is 0 Å². The Balaban J connectivity index is 2.14. The molecule has 152 valence electrons. The fourth-order valence-corrected chi connectivity index (χ4v) is 3.50. The number of urea groups is 1. The van der Waals surface area contributed by atoms with E-state index in [1.54, 1.807) is 14.2 Å². The first kappa shape index (κ1) is 21.9. The summed E-state index contributed by atoms with van der Waals surface area (Å²) in [4.78, 5) is 13.6. The van der Waals surface area contributed by atoms with E-state index in [0.29, 0.717) is 41.8 Å². The van der Waals surface area contributed by atoms with Crippen molar-refractivity contribution in [2.75, 3.05) is 27.4 Å². The number of primary amides is 1. The normalized spacial score (nSPS) is 11.8. The molecule has 2 aromatic rings. The number of halogens is 1. The van der Waals surface area contributed by atoms with Crippen LogP contribution in [0.15, 0.2) is 36.4 Å². The van der Waals surface area contributed by atoms with E-state index in [2.05, 4.69) is 0 Å². The Bertz CT molecular complexity index is 799. The largest absolute Gasteiger partial charge is 0.496 e. The van der Waals surface area contributed by atoms with Crippen LogP contribution < -0.4 is 15.2 Å². The molecule has 2 rings (SSSR count). The molecule has 0 saturated heterocycles. The van der Waals surface area contributed by atoms with E-state index in [4.69, 9.17) is 31.5 Å². The molecular weight excluding hydrogens is 380 g/mol. The summed E-state index contributed by atoms with van der Waals surface area (Å²) in [6, 6.07) is 10.7. The molecule has 0 aliphatic carbocycles. The first-order chi connectivity index (χ1) is 13.4. The number of ether oxygens (including phenoxy) is 3. The number of benzene rings is 2. The predicted octanol–water partition coefficient (Wildman–Crippen LogP) is 4.32. The Labute approximate surface area is 171 Å². The van der Waals surface area contributed by atoms with E-state index >= 15 is 0 Å². The SMILES string of the molecule is COc1cc(C(C)N(CCOCc2ccccc2)C(N)=O)c(Cl)c(OC)c1C. The van der Waals surface area contributed by atoms with Crippen LogP contribution in [0.4, 0.5) is 4.79 Å². The third kappa shape index (κ3) is 5.09.